The van der Waals surface area contributed by atoms with Gasteiger partial charge in [-0.15, -0.1) is 0 Å². The zero-order chi connectivity index (χ0) is 16.2. The number of anilines is 1. The van der Waals surface area contributed by atoms with Crippen LogP contribution in [0, 0.1) is 6.92 Å². The standard InChI is InChI=1S/C20H21N3/c1-12-9-14-13(2)11-20(3,4)23-18(14)15(10-12)19-21-16-7-5-6-8-17(16)22-19/h5-11,23H,1-4H3,(H,21,22). The summed E-state index contributed by atoms with van der Waals surface area (Å²) in [6.07, 6.45) is 2.29. The molecule has 0 saturated carbocycles. The van der Waals surface area contributed by atoms with Gasteiger partial charge in [0, 0.05) is 11.1 Å². The average molecular weight is 303 g/mol. The van der Waals surface area contributed by atoms with Crippen LogP contribution in [0.5, 0.6) is 0 Å². The highest BCUT2D eigenvalue weighted by atomic mass is 15.0. The van der Waals surface area contributed by atoms with Gasteiger partial charge < -0.3 is 10.3 Å². The lowest BCUT2D eigenvalue weighted by Crippen LogP contribution is -2.32. The van der Waals surface area contributed by atoms with E-state index in [1.807, 2.05) is 18.2 Å². The van der Waals surface area contributed by atoms with Crippen molar-refractivity contribution >= 4 is 22.3 Å². The maximum absolute atomic E-state index is 4.79. The fourth-order valence-corrected chi connectivity index (χ4v) is 3.48. The van der Waals surface area contributed by atoms with Crippen molar-refractivity contribution in [1.29, 1.82) is 0 Å². The van der Waals surface area contributed by atoms with Gasteiger partial charge in [0.15, 0.2) is 0 Å². The lowest BCUT2D eigenvalue weighted by Gasteiger charge is -2.33. The zero-order valence-electron chi connectivity index (χ0n) is 14.0. The second-order valence-corrected chi connectivity index (χ2v) is 7.01. The maximum atomic E-state index is 4.79. The largest absolute Gasteiger partial charge is 0.376 e. The molecule has 3 heteroatoms. The van der Waals surface area contributed by atoms with Crippen LogP contribution in [0.1, 0.15) is 31.9 Å². The Labute approximate surface area is 136 Å². The second-order valence-electron chi connectivity index (χ2n) is 7.01. The quantitative estimate of drug-likeness (QED) is 0.653. The fraction of sp³-hybridized carbons (Fsp3) is 0.250. The van der Waals surface area contributed by atoms with Crippen LogP contribution in [-0.2, 0) is 0 Å². The van der Waals surface area contributed by atoms with Gasteiger partial charge in [-0.25, -0.2) is 4.98 Å². The van der Waals surface area contributed by atoms with Crippen molar-refractivity contribution in [3.63, 3.8) is 0 Å². The Hall–Kier alpha value is -2.55. The van der Waals surface area contributed by atoms with Crippen LogP contribution in [0.25, 0.3) is 28.0 Å². The molecule has 1 aliphatic heterocycles. The summed E-state index contributed by atoms with van der Waals surface area (Å²) in [5, 5.41) is 3.67. The van der Waals surface area contributed by atoms with E-state index in [1.165, 1.54) is 22.4 Å². The molecule has 0 bridgehead atoms. The molecule has 0 spiro atoms. The predicted molar refractivity (Wildman–Crippen MR) is 97.6 cm³/mol. The first-order valence-electron chi connectivity index (χ1n) is 8.01. The van der Waals surface area contributed by atoms with Crippen molar-refractivity contribution in [2.45, 2.75) is 33.2 Å². The van der Waals surface area contributed by atoms with Crippen LogP contribution in [0.15, 0.2) is 42.5 Å². The molecule has 0 atom stereocenters. The number of aryl methyl sites for hydroxylation is 1. The van der Waals surface area contributed by atoms with Gasteiger partial charge in [-0.05, 0) is 63.1 Å². The van der Waals surface area contributed by atoms with Crippen LogP contribution < -0.4 is 5.32 Å². The van der Waals surface area contributed by atoms with Gasteiger partial charge in [0.25, 0.3) is 0 Å². The SMILES string of the molecule is CC1=CC(C)(C)Nc2c1cc(C)cc2-c1nc2ccccc2[nH]1. The highest BCUT2D eigenvalue weighted by Gasteiger charge is 2.26. The first-order valence-corrected chi connectivity index (χ1v) is 8.01. The molecular formula is C20H21N3. The maximum Gasteiger partial charge on any atom is 0.140 e. The summed E-state index contributed by atoms with van der Waals surface area (Å²) in [7, 11) is 0. The number of imidazole rings is 1. The Morgan fingerprint density at radius 1 is 1.00 bits per heavy atom. The average Bonchev–Trinajstić information content (AvgIpc) is 2.90. The fourth-order valence-electron chi connectivity index (χ4n) is 3.48. The predicted octanol–water partition coefficient (Wildman–Crippen LogP) is 5.15. The van der Waals surface area contributed by atoms with Crippen molar-refractivity contribution in [2.75, 3.05) is 5.32 Å². The van der Waals surface area contributed by atoms with E-state index in [0.29, 0.717) is 0 Å². The van der Waals surface area contributed by atoms with Crippen molar-refractivity contribution in [3.05, 3.63) is 53.6 Å². The number of H-pyrrole nitrogens is 1. The van der Waals surface area contributed by atoms with Crippen LogP contribution in [0.3, 0.4) is 0 Å². The smallest absolute Gasteiger partial charge is 0.140 e. The molecular weight excluding hydrogens is 282 g/mol. The number of fused-ring (bicyclic) bond motifs is 2. The van der Waals surface area contributed by atoms with E-state index in [4.69, 9.17) is 4.98 Å². The van der Waals surface area contributed by atoms with Gasteiger partial charge in [0.1, 0.15) is 5.82 Å². The minimum atomic E-state index is -0.0624. The van der Waals surface area contributed by atoms with Crippen molar-refractivity contribution in [3.8, 4) is 11.4 Å². The molecule has 0 saturated heterocycles. The van der Waals surface area contributed by atoms with E-state index < -0.39 is 0 Å². The Morgan fingerprint density at radius 3 is 2.52 bits per heavy atom. The molecule has 2 N–H and O–H groups in total. The lowest BCUT2D eigenvalue weighted by atomic mass is 9.88. The molecule has 3 nitrogen and oxygen atoms in total. The van der Waals surface area contributed by atoms with Crippen molar-refractivity contribution in [1.82, 2.24) is 9.97 Å². The number of aromatic amines is 1. The minimum absolute atomic E-state index is 0.0624. The molecule has 1 aliphatic rings. The van der Waals surface area contributed by atoms with Gasteiger partial charge in [0.2, 0.25) is 0 Å². The highest BCUT2D eigenvalue weighted by Crippen LogP contribution is 2.40. The molecule has 0 amide bonds. The number of hydrogen-bond acceptors (Lipinski definition) is 2. The summed E-state index contributed by atoms with van der Waals surface area (Å²) in [5.41, 5.74) is 8.13. The molecule has 2 heterocycles. The first kappa shape index (κ1) is 14.1. The number of hydrogen-bond donors (Lipinski definition) is 2. The number of para-hydroxylation sites is 2. The summed E-state index contributed by atoms with van der Waals surface area (Å²) in [5.74, 6) is 0.921. The normalized spacial score (nSPS) is 15.9. The van der Waals surface area contributed by atoms with E-state index in [2.05, 4.69) is 62.3 Å². The highest BCUT2D eigenvalue weighted by molar-refractivity contribution is 5.91. The first-order chi connectivity index (χ1) is 10.9. The Morgan fingerprint density at radius 2 is 1.74 bits per heavy atom. The molecule has 1 aromatic heterocycles. The van der Waals surface area contributed by atoms with Crippen LogP contribution in [0.4, 0.5) is 5.69 Å². The molecule has 2 aromatic carbocycles. The molecule has 0 radical (unpaired) electrons. The molecule has 0 fully saturated rings. The van der Waals surface area contributed by atoms with E-state index in [0.717, 1.165) is 22.4 Å². The van der Waals surface area contributed by atoms with E-state index in [9.17, 15) is 0 Å². The van der Waals surface area contributed by atoms with E-state index in [-0.39, 0.29) is 5.54 Å². The third-order valence-electron chi connectivity index (χ3n) is 4.38. The van der Waals surface area contributed by atoms with E-state index >= 15 is 0 Å². The second kappa shape index (κ2) is 4.72. The minimum Gasteiger partial charge on any atom is -0.376 e. The third-order valence-corrected chi connectivity index (χ3v) is 4.38. The Balaban J connectivity index is 1.98. The van der Waals surface area contributed by atoms with Crippen LogP contribution >= 0.6 is 0 Å². The van der Waals surface area contributed by atoms with E-state index in [1.54, 1.807) is 0 Å². The van der Waals surface area contributed by atoms with Crippen molar-refractivity contribution in [2.24, 2.45) is 0 Å². The molecule has 3 aromatic rings. The third kappa shape index (κ3) is 2.33. The molecule has 4 rings (SSSR count). The molecule has 116 valence electrons. The monoisotopic (exact) mass is 303 g/mol. The van der Waals surface area contributed by atoms with Crippen molar-refractivity contribution < 1.29 is 0 Å². The van der Waals surface area contributed by atoms with Crippen LogP contribution in [0.2, 0.25) is 0 Å². The topological polar surface area (TPSA) is 40.7 Å². The van der Waals surface area contributed by atoms with Gasteiger partial charge in [-0.3, -0.25) is 0 Å². The van der Waals surface area contributed by atoms with Gasteiger partial charge in [-0.2, -0.15) is 0 Å². The summed E-state index contributed by atoms with van der Waals surface area (Å²) < 4.78 is 0. The number of benzene rings is 2. The molecule has 0 aliphatic carbocycles. The number of allylic oxidation sites excluding steroid dienone is 1. The zero-order valence-corrected chi connectivity index (χ0v) is 14.0. The Kier molecular flexibility index (Phi) is 2.89. The Bertz CT molecular complexity index is 912. The number of nitrogens with zero attached hydrogens (tertiary/aromatic N) is 1. The summed E-state index contributed by atoms with van der Waals surface area (Å²) in [6.45, 7) is 8.71. The summed E-state index contributed by atoms with van der Waals surface area (Å²) in [4.78, 5) is 8.25. The number of nitrogens with one attached hydrogen (secondary N) is 2. The van der Waals surface area contributed by atoms with Crippen LogP contribution in [-0.4, -0.2) is 15.5 Å². The van der Waals surface area contributed by atoms with Gasteiger partial charge >= 0.3 is 0 Å². The van der Waals surface area contributed by atoms with Gasteiger partial charge in [0.05, 0.1) is 22.3 Å². The summed E-state index contributed by atoms with van der Waals surface area (Å²) >= 11 is 0. The molecule has 0 unspecified atom stereocenters. The summed E-state index contributed by atoms with van der Waals surface area (Å²) in [6, 6.07) is 12.6. The number of rotatable bonds is 1. The van der Waals surface area contributed by atoms with Gasteiger partial charge in [-0.1, -0.05) is 18.2 Å². The number of aromatic nitrogens is 2. The molecule has 23 heavy (non-hydrogen) atoms. The lowest BCUT2D eigenvalue weighted by molar-refractivity contribution is 0.707.